The van der Waals surface area contributed by atoms with Crippen LogP contribution < -0.4 is 10.1 Å². The van der Waals surface area contributed by atoms with Gasteiger partial charge in [0.15, 0.2) is 5.82 Å². The van der Waals surface area contributed by atoms with Gasteiger partial charge in [0.25, 0.3) is 5.91 Å². The predicted octanol–water partition coefficient (Wildman–Crippen LogP) is 1.45. The summed E-state index contributed by atoms with van der Waals surface area (Å²) in [6, 6.07) is 9.19. The fourth-order valence-corrected chi connectivity index (χ4v) is 4.18. The van der Waals surface area contributed by atoms with Crippen LogP contribution in [0.25, 0.3) is 11.4 Å². The second-order valence-electron chi connectivity index (χ2n) is 9.37. The fraction of sp³-hybridized carbons (Fsp3) is 0.500. The molecule has 1 fully saturated rings. The van der Waals surface area contributed by atoms with Crippen LogP contribution in [0.3, 0.4) is 0 Å². The molecule has 42 heavy (non-hydrogen) atoms. The summed E-state index contributed by atoms with van der Waals surface area (Å²) in [5, 5.41) is 11.9. The molecule has 1 aliphatic heterocycles. The van der Waals surface area contributed by atoms with Crippen molar-refractivity contribution in [1.82, 2.24) is 25.1 Å². The van der Waals surface area contributed by atoms with Crippen LogP contribution in [0.4, 0.5) is 4.79 Å². The minimum absolute atomic E-state index is 0.0696. The molecule has 1 saturated heterocycles. The Morgan fingerprint density at radius 1 is 1.00 bits per heavy atom. The van der Waals surface area contributed by atoms with Gasteiger partial charge in [-0.2, -0.15) is 4.98 Å². The minimum atomic E-state index is -1.14. The summed E-state index contributed by atoms with van der Waals surface area (Å²) in [7, 11) is 3.06. The summed E-state index contributed by atoms with van der Waals surface area (Å²) in [5.74, 6) is -1.93. The average molecular weight is 588 g/mol. The first-order valence-corrected chi connectivity index (χ1v) is 13.6. The standard InChI is InChI=1S/C28H37N5O9/c1-4-41-28(38)33-14-12-32(13-15-33)27(37)21(10-11-24(34)35)30-26(36)22-16-23(42-18-20(40-3)17-39-2)31-25(29-22)19-8-6-5-7-9-19/h5-9,16,20-21H,4,10-15,17-18H2,1-3H3,(H,30,36)(H,34,35)/t20-,21+/m1/s1. The molecule has 2 atom stereocenters. The Labute approximate surface area is 243 Å². The molecule has 228 valence electrons. The molecule has 2 N–H and O–H groups in total. The topological polar surface area (TPSA) is 170 Å². The number of rotatable bonds is 14. The van der Waals surface area contributed by atoms with Crippen molar-refractivity contribution in [2.45, 2.75) is 31.9 Å². The molecule has 0 saturated carbocycles. The summed E-state index contributed by atoms with van der Waals surface area (Å²) in [6.45, 7) is 3.25. The Bertz CT molecular complexity index is 1210. The van der Waals surface area contributed by atoms with E-state index in [1.807, 2.05) is 6.07 Å². The first-order valence-electron chi connectivity index (χ1n) is 13.6. The number of nitrogens with one attached hydrogen (secondary N) is 1. The van der Waals surface area contributed by atoms with Crippen LogP contribution in [0.1, 0.15) is 30.3 Å². The number of hydrogen-bond donors (Lipinski definition) is 2. The second kappa shape index (κ2) is 16.2. The molecule has 3 rings (SSSR count). The van der Waals surface area contributed by atoms with Gasteiger partial charge in [0, 0.05) is 58.4 Å². The summed E-state index contributed by atoms with van der Waals surface area (Å²) in [5.41, 5.74) is 0.565. The van der Waals surface area contributed by atoms with Crippen LogP contribution in [-0.4, -0.2) is 121 Å². The quantitative estimate of drug-likeness (QED) is 0.328. The molecule has 0 spiro atoms. The Balaban J connectivity index is 1.81. The van der Waals surface area contributed by atoms with Crippen LogP contribution in [-0.2, 0) is 23.8 Å². The first-order chi connectivity index (χ1) is 20.2. The van der Waals surface area contributed by atoms with E-state index in [0.717, 1.165) is 0 Å². The molecular weight excluding hydrogens is 550 g/mol. The highest BCUT2D eigenvalue weighted by Crippen LogP contribution is 2.20. The zero-order chi connectivity index (χ0) is 30.5. The molecule has 1 aliphatic rings. The number of aliphatic carboxylic acids is 1. The number of carboxylic acid groups (broad SMARTS) is 1. The maximum Gasteiger partial charge on any atom is 0.409 e. The summed E-state index contributed by atoms with van der Waals surface area (Å²) < 4.78 is 21.3. The summed E-state index contributed by atoms with van der Waals surface area (Å²) in [4.78, 5) is 62.0. The number of carboxylic acids is 1. The number of benzene rings is 1. The fourth-order valence-electron chi connectivity index (χ4n) is 4.18. The molecule has 1 aromatic carbocycles. The van der Waals surface area contributed by atoms with Gasteiger partial charge in [-0.3, -0.25) is 14.4 Å². The van der Waals surface area contributed by atoms with E-state index < -0.39 is 29.9 Å². The van der Waals surface area contributed by atoms with E-state index in [2.05, 4.69) is 15.3 Å². The van der Waals surface area contributed by atoms with Gasteiger partial charge in [-0.05, 0) is 13.3 Å². The van der Waals surface area contributed by atoms with Gasteiger partial charge >= 0.3 is 12.1 Å². The average Bonchev–Trinajstić information content (AvgIpc) is 3.01. The number of piperazine rings is 1. The maximum absolute atomic E-state index is 13.4. The molecule has 2 aromatic rings. The third-order valence-corrected chi connectivity index (χ3v) is 6.44. The van der Waals surface area contributed by atoms with Crippen LogP contribution in [0.2, 0.25) is 0 Å². The van der Waals surface area contributed by atoms with Crippen molar-refractivity contribution in [3.63, 3.8) is 0 Å². The number of ether oxygens (including phenoxy) is 4. The van der Waals surface area contributed by atoms with Gasteiger partial charge in [-0.15, -0.1) is 0 Å². The van der Waals surface area contributed by atoms with E-state index in [1.165, 1.54) is 30.1 Å². The normalized spacial score (nSPS) is 14.5. The molecule has 14 heteroatoms. The number of hydrogen-bond acceptors (Lipinski definition) is 10. The van der Waals surface area contributed by atoms with Crippen molar-refractivity contribution in [3.8, 4) is 17.3 Å². The molecule has 2 heterocycles. The highest BCUT2D eigenvalue weighted by molar-refractivity contribution is 5.96. The van der Waals surface area contributed by atoms with E-state index in [4.69, 9.17) is 18.9 Å². The van der Waals surface area contributed by atoms with E-state index in [0.29, 0.717) is 5.56 Å². The zero-order valence-corrected chi connectivity index (χ0v) is 24.0. The molecule has 3 amide bonds. The van der Waals surface area contributed by atoms with Crippen molar-refractivity contribution < 1.29 is 43.2 Å². The van der Waals surface area contributed by atoms with Crippen molar-refractivity contribution in [2.24, 2.45) is 0 Å². The smallest absolute Gasteiger partial charge is 0.409 e. The monoisotopic (exact) mass is 587 g/mol. The van der Waals surface area contributed by atoms with Gasteiger partial charge in [-0.1, -0.05) is 30.3 Å². The molecule has 0 aliphatic carbocycles. The second-order valence-corrected chi connectivity index (χ2v) is 9.37. The predicted molar refractivity (Wildman–Crippen MR) is 149 cm³/mol. The van der Waals surface area contributed by atoms with Crippen LogP contribution >= 0.6 is 0 Å². The molecule has 0 radical (unpaired) electrons. The van der Waals surface area contributed by atoms with E-state index in [9.17, 15) is 24.3 Å². The highest BCUT2D eigenvalue weighted by atomic mass is 16.6. The van der Waals surface area contributed by atoms with Crippen LogP contribution in [0.15, 0.2) is 36.4 Å². The van der Waals surface area contributed by atoms with Crippen molar-refractivity contribution in [1.29, 1.82) is 0 Å². The number of amides is 3. The minimum Gasteiger partial charge on any atom is -0.481 e. The number of aromatic nitrogens is 2. The number of carbonyl (C=O) groups excluding carboxylic acids is 3. The highest BCUT2D eigenvalue weighted by Gasteiger charge is 2.31. The zero-order valence-electron chi connectivity index (χ0n) is 24.0. The Morgan fingerprint density at radius 2 is 1.69 bits per heavy atom. The van der Waals surface area contributed by atoms with Gasteiger partial charge in [0.1, 0.15) is 24.4 Å². The van der Waals surface area contributed by atoms with Gasteiger partial charge in [-0.25, -0.2) is 9.78 Å². The Kier molecular flexibility index (Phi) is 12.4. The largest absolute Gasteiger partial charge is 0.481 e. The molecule has 1 aromatic heterocycles. The molecule has 0 bridgehead atoms. The van der Waals surface area contributed by atoms with Crippen molar-refractivity contribution in [2.75, 3.05) is 60.2 Å². The van der Waals surface area contributed by atoms with Crippen molar-refractivity contribution >= 4 is 23.9 Å². The first kappa shape index (κ1) is 32.2. The number of methoxy groups -OCH3 is 2. The molecule has 14 nitrogen and oxygen atoms in total. The lowest BCUT2D eigenvalue weighted by Gasteiger charge is -2.35. The van der Waals surface area contributed by atoms with Gasteiger partial charge in [0.2, 0.25) is 11.8 Å². The maximum atomic E-state index is 13.4. The Morgan fingerprint density at radius 3 is 2.31 bits per heavy atom. The van der Waals surface area contributed by atoms with Crippen LogP contribution in [0, 0.1) is 0 Å². The van der Waals surface area contributed by atoms with Crippen LogP contribution in [0.5, 0.6) is 5.88 Å². The lowest BCUT2D eigenvalue weighted by Crippen LogP contribution is -2.56. The summed E-state index contributed by atoms with van der Waals surface area (Å²) in [6.07, 6.45) is -1.32. The molecular formula is C28H37N5O9. The SMILES string of the molecule is CCOC(=O)N1CCN(C(=O)[C@H](CCC(=O)O)NC(=O)c2cc(OC[C@@H](COC)OC)nc(-c3ccccc3)n2)CC1. The van der Waals surface area contributed by atoms with E-state index in [-0.39, 0.29) is 82.3 Å². The third-order valence-electron chi connectivity index (χ3n) is 6.44. The van der Waals surface area contributed by atoms with E-state index >= 15 is 0 Å². The Hall–Kier alpha value is -4.30. The van der Waals surface area contributed by atoms with Gasteiger partial charge < -0.3 is 39.2 Å². The molecule has 0 unspecified atom stereocenters. The summed E-state index contributed by atoms with van der Waals surface area (Å²) >= 11 is 0. The number of nitrogens with zero attached hydrogens (tertiary/aromatic N) is 4. The van der Waals surface area contributed by atoms with Gasteiger partial charge in [0.05, 0.1) is 13.2 Å². The lowest BCUT2D eigenvalue weighted by molar-refractivity contribution is -0.138. The lowest BCUT2D eigenvalue weighted by atomic mass is 10.1. The number of carbonyl (C=O) groups is 4. The third kappa shape index (κ3) is 9.38. The van der Waals surface area contributed by atoms with E-state index in [1.54, 1.807) is 31.2 Å². The van der Waals surface area contributed by atoms with Crippen molar-refractivity contribution in [3.05, 3.63) is 42.1 Å².